The highest BCUT2D eigenvalue weighted by molar-refractivity contribution is 7.78. The van der Waals surface area contributed by atoms with Crippen LogP contribution in [-0.4, -0.2) is 107 Å². The Kier molecular flexibility index (Phi) is 15.3. The highest BCUT2D eigenvalue weighted by Gasteiger charge is 2.30. The van der Waals surface area contributed by atoms with Gasteiger partial charge in [-0.2, -0.15) is 13.2 Å². The van der Waals surface area contributed by atoms with Crippen LogP contribution in [0.25, 0.3) is 11.3 Å². The first-order valence-corrected chi connectivity index (χ1v) is 20.2. The SMILES string of the molecule is CN(CCN1CCNCC1)C(=O)c1cccc(C(=O)Nc2ccc(N3CCCCC3)cc2-c2cc(C(=O)NCc3cccc(C(F)(F)F)c3)ccn2)c1.CS(=O)[O-]. The molecule has 3 heterocycles. The molecule has 0 aliphatic carbocycles. The van der Waals surface area contributed by atoms with Gasteiger partial charge in [-0.05, 0) is 91.7 Å². The Bertz CT molecular complexity index is 2030. The van der Waals surface area contributed by atoms with Crippen LogP contribution in [-0.2, 0) is 23.8 Å². The number of amides is 3. The highest BCUT2D eigenvalue weighted by Crippen LogP contribution is 2.33. The third-order valence-electron chi connectivity index (χ3n) is 9.66. The van der Waals surface area contributed by atoms with Crippen molar-refractivity contribution in [3.63, 3.8) is 0 Å². The van der Waals surface area contributed by atoms with E-state index in [1.165, 1.54) is 24.4 Å². The Morgan fingerprint density at radius 1 is 0.877 bits per heavy atom. The van der Waals surface area contributed by atoms with Gasteiger partial charge >= 0.3 is 6.18 Å². The Balaban J connectivity index is 0.00000148. The number of rotatable bonds is 11. The lowest BCUT2D eigenvalue weighted by molar-refractivity contribution is -0.137. The normalized spacial score (nSPS) is 15.2. The molecular formula is C41H47F3N7O5S-. The second-order valence-corrected chi connectivity index (χ2v) is 14.6. The molecule has 1 unspecified atom stereocenters. The van der Waals surface area contributed by atoms with Crippen molar-refractivity contribution in [1.29, 1.82) is 0 Å². The van der Waals surface area contributed by atoms with Crippen molar-refractivity contribution in [3.05, 3.63) is 113 Å². The number of pyridine rings is 1. The highest BCUT2D eigenvalue weighted by atomic mass is 32.2. The fourth-order valence-corrected chi connectivity index (χ4v) is 6.60. The molecule has 0 radical (unpaired) electrons. The number of nitrogens with one attached hydrogen (secondary N) is 3. The van der Waals surface area contributed by atoms with E-state index in [9.17, 15) is 27.6 Å². The number of hydrogen-bond acceptors (Lipinski definition) is 9. The molecule has 2 saturated heterocycles. The van der Waals surface area contributed by atoms with Crippen molar-refractivity contribution in [3.8, 4) is 11.3 Å². The number of carbonyl (C=O) groups excluding carboxylic acids is 3. The van der Waals surface area contributed by atoms with E-state index in [0.717, 1.165) is 89.2 Å². The number of carbonyl (C=O) groups is 3. The Hall–Kier alpha value is -5.16. The lowest BCUT2D eigenvalue weighted by atomic mass is 10.0. The van der Waals surface area contributed by atoms with E-state index in [0.29, 0.717) is 40.2 Å². The first-order valence-electron chi connectivity index (χ1n) is 18.7. The summed E-state index contributed by atoms with van der Waals surface area (Å²) in [5, 5.41) is 9.04. The summed E-state index contributed by atoms with van der Waals surface area (Å²) >= 11 is -1.86. The van der Waals surface area contributed by atoms with Gasteiger partial charge in [0.15, 0.2) is 0 Å². The minimum absolute atomic E-state index is 0.0975. The largest absolute Gasteiger partial charge is 0.773 e. The maximum absolute atomic E-state index is 13.7. The molecule has 2 aliphatic rings. The summed E-state index contributed by atoms with van der Waals surface area (Å²) in [6, 6.07) is 20.3. The van der Waals surface area contributed by atoms with Crippen LogP contribution in [0.15, 0.2) is 85.1 Å². The van der Waals surface area contributed by atoms with E-state index in [-0.39, 0.29) is 18.0 Å². The van der Waals surface area contributed by atoms with Crippen molar-refractivity contribution < 1.29 is 36.3 Å². The first-order chi connectivity index (χ1) is 27.3. The van der Waals surface area contributed by atoms with Crippen LogP contribution in [0.4, 0.5) is 24.5 Å². The van der Waals surface area contributed by atoms with Crippen molar-refractivity contribution in [2.45, 2.75) is 32.0 Å². The summed E-state index contributed by atoms with van der Waals surface area (Å²) in [4.78, 5) is 51.1. The maximum atomic E-state index is 13.7. The minimum Gasteiger partial charge on any atom is -0.773 e. The summed E-state index contributed by atoms with van der Waals surface area (Å²) in [6.07, 6.45) is 1.37. The van der Waals surface area contributed by atoms with Gasteiger partial charge in [0.05, 0.1) is 16.9 Å². The second kappa shape index (κ2) is 20.3. The molecule has 0 bridgehead atoms. The Labute approximate surface area is 333 Å². The monoisotopic (exact) mass is 806 g/mol. The van der Waals surface area contributed by atoms with Crippen molar-refractivity contribution in [2.24, 2.45) is 0 Å². The molecule has 3 amide bonds. The Morgan fingerprint density at radius 3 is 2.28 bits per heavy atom. The van der Waals surface area contributed by atoms with Crippen LogP contribution in [0.5, 0.6) is 0 Å². The van der Waals surface area contributed by atoms with E-state index in [1.807, 2.05) is 18.2 Å². The molecule has 3 N–H and O–H groups in total. The number of halogens is 3. The number of anilines is 2. The molecule has 0 spiro atoms. The average molecular weight is 807 g/mol. The molecule has 6 rings (SSSR count). The molecule has 0 saturated carbocycles. The summed E-state index contributed by atoms with van der Waals surface area (Å²) in [5.41, 5.74) is 2.95. The molecule has 57 heavy (non-hydrogen) atoms. The summed E-state index contributed by atoms with van der Waals surface area (Å²) in [6.45, 7) is 6.76. The molecule has 2 fully saturated rings. The summed E-state index contributed by atoms with van der Waals surface area (Å²) < 4.78 is 57.6. The molecule has 4 aromatic rings. The zero-order chi connectivity index (χ0) is 41.0. The number of benzene rings is 3. The molecule has 1 aromatic heterocycles. The number of piperidine rings is 1. The van der Waals surface area contributed by atoms with Gasteiger partial charge in [0, 0.05) is 100 Å². The van der Waals surface area contributed by atoms with Gasteiger partial charge in [-0.15, -0.1) is 0 Å². The van der Waals surface area contributed by atoms with Gasteiger partial charge in [0.25, 0.3) is 17.7 Å². The van der Waals surface area contributed by atoms with E-state index >= 15 is 0 Å². The lowest BCUT2D eigenvalue weighted by Crippen LogP contribution is -2.46. The number of likely N-dealkylation sites (N-methyl/N-ethyl adjacent to an activating group) is 1. The fourth-order valence-electron chi connectivity index (χ4n) is 6.60. The third kappa shape index (κ3) is 12.7. The lowest BCUT2D eigenvalue weighted by Gasteiger charge is -2.29. The van der Waals surface area contributed by atoms with Crippen molar-refractivity contribution in [1.82, 2.24) is 25.4 Å². The molecule has 16 heteroatoms. The quantitative estimate of drug-likeness (QED) is 0.169. The van der Waals surface area contributed by atoms with Crippen LogP contribution in [0.1, 0.15) is 61.5 Å². The van der Waals surface area contributed by atoms with Crippen molar-refractivity contribution >= 4 is 40.2 Å². The van der Waals surface area contributed by atoms with E-state index in [2.05, 4.69) is 30.7 Å². The zero-order valence-electron chi connectivity index (χ0n) is 31.9. The smallest absolute Gasteiger partial charge is 0.416 e. The van der Waals surface area contributed by atoms with E-state index in [4.69, 9.17) is 8.76 Å². The molecule has 12 nitrogen and oxygen atoms in total. The number of hydrogen-bond donors (Lipinski definition) is 3. The predicted molar refractivity (Wildman–Crippen MR) is 214 cm³/mol. The maximum Gasteiger partial charge on any atom is 0.416 e. The molecule has 3 aromatic carbocycles. The van der Waals surface area contributed by atoms with Crippen LogP contribution in [0.2, 0.25) is 0 Å². The van der Waals surface area contributed by atoms with Crippen LogP contribution >= 0.6 is 0 Å². The van der Waals surface area contributed by atoms with Gasteiger partial charge in [-0.1, -0.05) is 29.3 Å². The van der Waals surface area contributed by atoms with E-state index < -0.39 is 34.6 Å². The topological polar surface area (TPSA) is 150 Å². The zero-order valence-corrected chi connectivity index (χ0v) is 32.8. The number of nitrogens with zero attached hydrogens (tertiary/aromatic N) is 4. The molecule has 2 aliphatic heterocycles. The summed E-state index contributed by atoms with van der Waals surface area (Å²) in [7, 11) is 1.76. The third-order valence-corrected chi connectivity index (χ3v) is 9.66. The standard InChI is InChI=1S/C40H44F3N7O3.CH4O2S/c1-48(21-22-49-19-15-44-16-20-49)39(53)31-9-6-8-29(24-31)38(52)47-35-12-11-33(50-17-3-2-4-18-50)26-34(35)36-25-30(13-14-45-36)37(51)46-27-28-7-5-10-32(23-28)40(41,42)43;1-4(2)3/h5-14,23-26,44H,2-4,15-22,27H2,1H3,(H,46,51)(H,47,52);1H3,(H,2,3)/p-1. The van der Waals surface area contributed by atoms with Gasteiger partial charge in [0.2, 0.25) is 0 Å². The van der Waals surface area contributed by atoms with Crippen LogP contribution in [0.3, 0.4) is 0 Å². The number of alkyl halides is 3. The molecular weight excluding hydrogens is 760 g/mol. The predicted octanol–water partition coefficient (Wildman–Crippen LogP) is 5.41. The van der Waals surface area contributed by atoms with Crippen LogP contribution < -0.4 is 20.9 Å². The average Bonchev–Trinajstić information content (AvgIpc) is 3.22. The number of aromatic nitrogens is 1. The van der Waals surface area contributed by atoms with Crippen molar-refractivity contribution in [2.75, 3.05) is 75.9 Å². The van der Waals surface area contributed by atoms with Crippen LogP contribution in [0, 0.1) is 0 Å². The van der Waals surface area contributed by atoms with E-state index in [1.54, 1.807) is 42.3 Å². The number of piperazine rings is 1. The minimum atomic E-state index is -4.49. The van der Waals surface area contributed by atoms with Gasteiger partial charge in [0.1, 0.15) is 0 Å². The Morgan fingerprint density at radius 2 is 1.56 bits per heavy atom. The molecule has 1 atom stereocenters. The summed E-state index contributed by atoms with van der Waals surface area (Å²) in [5.74, 6) is -1.07. The van der Waals surface area contributed by atoms with Gasteiger partial charge in [-0.3, -0.25) is 28.5 Å². The second-order valence-electron chi connectivity index (χ2n) is 13.8. The first kappa shape index (κ1) is 43.0. The van der Waals surface area contributed by atoms with Gasteiger partial charge in [-0.25, -0.2) is 0 Å². The fraction of sp³-hybridized carbons (Fsp3) is 0.366. The molecule has 304 valence electrons. The van der Waals surface area contributed by atoms with Gasteiger partial charge < -0.3 is 30.3 Å².